The highest BCUT2D eigenvalue weighted by Gasteiger charge is 2.36. The highest BCUT2D eigenvalue weighted by molar-refractivity contribution is 6.04. The largest absolute Gasteiger partial charge is 0.497 e. The van der Waals surface area contributed by atoms with E-state index in [1.807, 2.05) is 38.1 Å². The molecule has 7 nitrogen and oxygen atoms in total. The zero-order valence-electron chi connectivity index (χ0n) is 17.1. The third kappa shape index (κ3) is 4.62. The third-order valence-corrected chi connectivity index (χ3v) is 4.68. The maximum atomic E-state index is 12.8. The Kier molecular flexibility index (Phi) is 6.26. The average molecular weight is 398 g/mol. The van der Waals surface area contributed by atoms with Gasteiger partial charge in [-0.1, -0.05) is 12.1 Å². The van der Waals surface area contributed by atoms with Crippen LogP contribution in [-0.2, 0) is 9.59 Å². The first-order valence-electron chi connectivity index (χ1n) is 9.52. The van der Waals surface area contributed by atoms with Crippen molar-refractivity contribution in [2.24, 2.45) is 5.92 Å². The Morgan fingerprint density at radius 1 is 1.10 bits per heavy atom. The summed E-state index contributed by atoms with van der Waals surface area (Å²) in [5.41, 5.74) is 1.22. The minimum atomic E-state index is -0.471. The molecule has 2 aromatic carbocycles. The lowest BCUT2D eigenvalue weighted by atomic mass is 10.1. The van der Waals surface area contributed by atoms with Gasteiger partial charge in [0.25, 0.3) is 0 Å². The van der Waals surface area contributed by atoms with Gasteiger partial charge in [0, 0.05) is 19.0 Å². The minimum Gasteiger partial charge on any atom is -0.497 e. The molecule has 3 rings (SSSR count). The van der Waals surface area contributed by atoms with Gasteiger partial charge in [-0.2, -0.15) is 0 Å². The molecule has 1 heterocycles. The molecule has 0 radical (unpaired) electrons. The van der Waals surface area contributed by atoms with Gasteiger partial charge in [-0.05, 0) is 38.1 Å². The second-order valence-electron chi connectivity index (χ2n) is 7.10. The summed E-state index contributed by atoms with van der Waals surface area (Å²) in [6.07, 6.45) is 0.121. The number of carbonyl (C=O) groups excluding carboxylic acids is 2. The van der Waals surface area contributed by atoms with Crippen molar-refractivity contribution in [3.63, 3.8) is 0 Å². The van der Waals surface area contributed by atoms with E-state index in [0.29, 0.717) is 35.2 Å². The number of nitrogens with zero attached hydrogens (tertiary/aromatic N) is 1. The fourth-order valence-corrected chi connectivity index (χ4v) is 3.29. The second kappa shape index (κ2) is 8.86. The van der Waals surface area contributed by atoms with Gasteiger partial charge in [0.05, 0.1) is 37.6 Å². The third-order valence-electron chi connectivity index (χ3n) is 4.68. The fraction of sp³-hybridized carbons (Fsp3) is 0.364. The van der Waals surface area contributed by atoms with Crippen molar-refractivity contribution in [2.75, 3.05) is 31.0 Å². The summed E-state index contributed by atoms with van der Waals surface area (Å²) in [5, 5.41) is 2.86. The molecule has 1 fully saturated rings. The van der Waals surface area contributed by atoms with Gasteiger partial charge in [-0.3, -0.25) is 9.59 Å². The number of methoxy groups -OCH3 is 2. The number of carbonyl (C=O) groups is 2. The molecule has 2 aromatic rings. The zero-order chi connectivity index (χ0) is 21.0. The van der Waals surface area contributed by atoms with Crippen LogP contribution >= 0.6 is 0 Å². The number of nitrogens with one attached hydrogen (secondary N) is 1. The maximum absolute atomic E-state index is 12.8. The Bertz CT molecular complexity index is 897. The molecule has 0 spiro atoms. The topological polar surface area (TPSA) is 77.1 Å². The number of rotatable bonds is 7. The predicted molar refractivity (Wildman–Crippen MR) is 111 cm³/mol. The molecular formula is C22H26N2O5. The first kappa shape index (κ1) is 20.5. The molecule has 0 saturated carbocycles. The van der Waals surface area contributed by atoms with Crippen molar-refractivity contribution in [3.05, 3.63) is 42.5 Å². The summed E-state index contributed by atoms with van der Waals surface area (Å²) >= 11 is 0. The van der Waals surface area contributed by atoms with E-state index in [4.69, 9.17) is 14.2 Å². The Hall–Kier alpha value is -3.22. The van der Waals surface area contributed by atoms with E-state index in [1.165, 1.54) is 7.11 Å². The van der Waals surface area contributed by atoms with Crippen molar-refractivity contribution in [3.8, 4) is 17.2 Å². The van der Waals surface area contributed by atoms with Gasteiger partial charge in [0.1, 0.15) is 17.2 Å². The Balaban J connectivity index is 1.75. The van der Waals surface area contributed by atoms with Crippen LogP contribution in [0, 0.1) is 5.92 Å². The zero-order valence-corrected chi connectivity index (χ0v) is 17.1. The molecule has 7 heteroatoms. The van der Waals surface area contributed by atoms with E-state index >= 15 is 0 Å². The number of ether oxygens (including phenoxy) is 3. The first-order valence-corrected chi connectivity index (χ1v) is 9.52. The SMILES string of the molecule is COc1ccc(NC(=O)C2CC(=O)N(c3ccccc3OC(C)C)C2)c(OC)c1. The van der Waals surface area contributed by atoms with Crippen LogP contribution in [0.2, 0.25) is 0 Å². The Morgan fingerprint density at radius 3 is 2.55 bits per heavy atom. The van der Waals surface area contributed by atoms with Gasteiger partial charge in [0.15, 0.2) is 0 Å². The standard InChI is InChI=1S/C22H26N2O5/c1-14(2)29-19-8-6-5-7-18(19)24-13-15(11-21(24)25)22(26)23-17-10-9-16(27-3)12-20(17)28-4/h5-10,12,14-15H,11,13H2,1-4H3,(H,23,26). The smallest absolute Gasteiger partial charge is 0.229 e. The molecule has 2 amide bonds. The molecule has 1 unspecified atom stereocenters. The minimum absolute atomic E-state index is 0.0181. The number of hydrogen-bond donors (Lipinski definition) is 1. The predicted octanol–water partition coefficient (Wildman–Crippen LogP) is 3.48. The average Bonchev–Trinajstić information content (AvgIpc) is 3.10. The van der Waals surface area contributed by atoms with Crippen LogP contribution in [0.5, 0.6) is 17.2 Å². The molecule has 0 aliphatic carbocycles. The van der Waals surface area contributed by atoms with Gasteiger partial charge < -0.3 is 24.4 Å². The van der Waals surface area contributed by atoms with Crippen molar-refractivity contribution in [2.45, 2.75) is 26.4 Å². The lowest BCUT2D eigenvalue weighted by Crippen LogP contribution is -2.28. The highest BCUT2D eigenvalue weighted by Crippen LogP contribution is 2.35. The molecule has 1 saturated heterocycles. The summed E-state index contributed by atoms with van der Waals surface area (Å²) in [7, 11) is 3.09. The quantitative estimate of drug-likeness (QED) is 0.773. The monoisotopic (exact) mass is 398 g/mol. The summed E-state index contributed by atoms with van der Waals surface area (Å²) in [6.45, 7) is 4.16. The van der Waals surface area contributed by atoms with Gasteiger partial charge >= 0.3 is 0 Å². The second-order valence-corrected chi connectivity index (χ2v) is 7.10. The van der Waals surface area contributed by atoms with Crippen LogP contribution in [0.3, 0.4) is 0 Å². The number of anilines is 2. The lowest BCUT2D eigenvalue weighted by molar-refractivity contribution is -0.122. The van der Waals surface area contributed by atoms with Gasteiger partial charge in [0.2, 0.25) is 11.8 Å². The number of amides is 2. The van der Waals surface area contributed by atoms with Crippen molar-refractivity contribution in [1.29, 1.82) is 0 Å². The molecule has 0 bridgehead atoms. The molecule has 1 aliphatic rings. The van der Waals surface area contributed by atoms with Crippen LogP contribution < -0.4 is 24.4 Å². The van der Waals surface area contributed by atoms with E-state index in [2.05, 4.69) is 5.32 Å². The van der Waals surface area contributed by atoms with Crippen LogP contribution in [0.4, 0.5) is 11.4 Å². The Labute approximate surface area is 170 Å². The summed E-state index contributed by atoms with van der Waals surface area (Å²) in [6, 6.07) is 12.5. The maximum Gasteiger partial charge on any atom is 0.229 e. The van der Waals surface area contributed by atoms with E-state index in [0.717, 1.165) is 0 Å². The molecule has 154 valence electrons. The lowest BCUT2D eigenvalue weighted by Gasteiger charge is -2.21. The first-order chi connectivity index (χ1) is 13.9. The van der Waals surface area contributed by atoms with Gasteiger partial charge in [-0.15, -0.1) is 0 Å². The molecule has 1 aliphatic heterocycles. The van der Waals surface area contributed by atoms with Crippen molar-refractivity contribution >= 4 is 23.2 Å². The number of benzene rings is 2. The summed E-state index contributed by atoms with van der Waals surface area (Å²) < 4.78 is 16.3. The van der Waals surface area contributed by atoms with Crippen molar-refractivity contribution in [1.82, 2.24) is 0 Å². The van der Waals surface area contributed by atoms with E-state index in [-0.39, 0.29) is 24.3 Å². The molecule has 1 atom stereocenters. The van der Waals surface area contributed by atoms with Gasteiger partial charge in [-0.25, -0.2) is 0 Å². The Morgan fingerprint density at radius 2 is 1.86 bits per heavy atom. The molecule has 29 heavy (non-hydrogen) atoms. The van der Waals surface area contributed by atoms with E-state index in [9.17, 15) is 9.59 Å². The van der Waals surface area contributed by atoms with E-state index in [1.54, 1.807) is 30.2 Å². The highest BCUT2D eigenvalue weighted by atomic mass is 16.5. The molecule has 0 aromatic heterocycles. The molecule has 1 N–H and O–H groups in total. The normalized spacial score (nSPS) is 16.1. The summed E-state index contributed by atoms with van der Waals surface area (Å²) in [5.74, 6) is 0.951. The van der Waals surface area contributed by atoms with Crippen LogP contribution in [0.15, 0.2) is 42.5 Å². The van der Waals surface area contributed by atoms with Crippen LogP contribution in [0.1, 0.15) is 20.3 Å². The van der Waals surface area contributed by atoms with Crippen LogP contribution in [0.25, 0.3) is 0 Å². The van der Waals surface area contributed by atoms with Crippen molar-refractivity contribution < 1.29 is 23.8 Å². The number of para-hydroxylation sites is 2. The summed E-state index contributed by atoms with van der Waals surface area (Å²) in [4.78, 5) is 27.1. The van der Waals surface area contributed by atoms with E-state index < -0.39 is 5.92 Å². The molecular weight excluding hydrogens is 372 g/mol. The van der Waals surface area contributed by atoms with Crippen LogP contribution in [-0.4, -0.2) is 38.7 Å². The number of hydrogen-bond acceptors (Lipinski definition) is 5. The fourth-order valence-electron chi connectivity index (χ4n) is 3.29.